The Morgan fingerprint density at radius 2 is 0.989 bits per heavy atom. The number of nitrogens with one attached hydrogen (secondary N) is 2. The molecule has 0 radical (unpaired) electrons. The smallest absolute Gasteiger partial charge is 0.253 e. The van der Waals surface area contributed by atoms with E-state index < -0.39 is 241 Å². The predicted octanol–water partition coefficient (Wildman–Crippen LogP) is -13.8. The highest BCUT2D eigenvalue weighted by atomic mass is 16.8. The number of nitrogens with zero attached hydrogens (tertiary/aromatic N) is 2. The lowest BCUT2D eigenvalue weighted by molar-refractivity contribution is -0.366. The Morgan fingerprint density at radius 3 is 1.45 bits per heavy atom. The van der Waals surface area contributed by atoms with Crippen LogP contribution in [-0.4, -0.2) is 372 Å². The fourth-order valence-corrected chi connectivity index (χ4v) is 10.9. The first kappa shape index (κ1) is 80.0. The molecule has 0 aromatic carbocycles. The van der Waals surface area contributed by atoms with Gasteiger partial charge in [0.15, 0.2) is 31.5 Å². The summed E-state index contributed by atoms with van der Waals surface area (Å²) < 4.78 is 75.3. The van der Waals surface area contributed by atoms with Crippen molar-refractivity contribution in [2.45, 2.75) is 192 Å². The van der Waals surface area contributed by atoms with Gasteiger partial charge in [-0.15, -0.1) is 0 Å². The first-order valence-electron chi connectivity index (χ1n) is 30.7. The number of amides is 4. The Morgan fingerprint density at radius 1 is 0.589 bits per heavy atom. The van der Waals surface area contributed by atoms with Crippen molar-refractivity contribution in [2.75, 3.05) is 99.0 Å². The number of carbonyl (C=O) groups excluding carboxylic acids is 4. The molecule has 5 saturated heterocycles. The van der Waals surface area contributed by atoms with Crippen molar-refractivity contribution >= 4 is 29.8 Å². The molecule has 41 heteroatoms. The Hall–Kier alpha value is -3.99. The lowest BCUT2D eigenvalue weighted by Gasteiger charge is -2.50. The number of hydrogen-bond acceptors (Lipinski definition) is 38. The molecule has 4 amide bonds. The summed E-state index contributed by atoms with van der Waals surface area (Å²) in [5.74, 6) is -2.84. The fraction of sp³-hybridized carbons (Fsp3) is 0.870. The van der Waals surface area contributed by atoms with E-state index in [2.05, 4.69) is 16.0 Å². The van der Waals surface area contributed by atoms with Gasteiger partial charge in [0.1, 0.15) is 104 Å². The van der Waals surface area contributed by atoms with Crippen molar-refractivity contribution in [2.24, 2.45) is 39.7 Å². The van der Waals surface area contributed by atoms with E-state index in [1.807, 2.05) is 0 Å². The summed E-state index contributed by atoms with van der Waals surface area (Å²) in [5, 5.41) is 147. The Bertz CT molecular complexity index is 2370. The van der Waals surface area contributed by atoms with E-state index in [4.69, 9.17) is 99.9 Å². The number of hydroxylamine groups is 1. The topological polar surface area (TPSA) is 639 Å². The van der Waals surface area contributed by atoms with Crippen molar-refractivity contribution in [3.8, 4) is 0 Å². The number of carbonyl (C=O) groups is 4. The monoisotopic (exact) mass is 1380 g/mol. The molecular formula is C54H95N9O32. The number of nitrogens with two attached hydrogens (primary N) is 5. The minimum absolute atomic E-state index is 0.0284. The van der Waals surface area contributed by atoms with Crippen molar-refractivity contribution in [3.63, 3.8) is 0 Å². The summed E-state index contributed by atoms with van der Waals surface area (Å²) in [4.78, 5) is 58.5. The molecule has 0 spiro atoms. The number of rotatable bonds is 38. The van der Waals surface area contributed by atoms with Crippen LogP contribution < -0.4 is 39.5 Å². The first-order valence-corrected chi connectivity index (χ1v) is 30.7. The molecule has 548 valence electrons. The van der Waals surface area contributed by atoms with Crippen LogP contribution in [-0.2, 0) is 90.4 Å². The predicted molar refractivity (Wildman–Crippen MR) is 310 cm³/mol. The molecule has 29 unspecified atom stereocenters. The zero-order valence-electron chi connectivity index (χ0n) is 52.1. The Labute approximate surface area is 543 Å². The van der Waals surface area contributed by atoms with E-state index in [9.17, 15) is 85.6 Å². The lowest BCUT2D eigenvalue weighted by atomic mass is 9.89. The summed E-state index contributed by atoms with van der Waals surface area (Å²) in [6.45, 7) is -1.62. The van der Waals surface area contributed by atoms with Crippen molar-refractivity contribution in [3.05, 3.63) is 12.2 Å². The Balaban J connectivity index is 0.936. The van der Waals surface area contributed by atoms with Crippen LogP contribution in [0.25, 0.3) is 0 Å². The maximum Gasteiger partial charge on any atom is 0.253 e. The minimum atomic E-state index is -1.86. The summed E-state index contributed by atoms with van der Waals surface area (Å²) in [6.07, 6.45) is -33.1. The van der Waals surface area contributed by atoms with E-state index in [0.717, 1.165) is 30.2 Å². The summed E-state index contributed by atoms with van der Waals surface area (Å²) in [6, 6.07) is -9.08. The average Bonchev–Trinajstić information content (AvgIpc) is 1.02. The molecule has 6 rings (SSSR count). The van der Waals surface area contributed by atoms with Gasteiger partial charge in [-0.3, -0.25) is 28.9 Å². The molecule has 0 aliphatic carbocycles. The van der Waals surface area contributed by atoms with E-state index in [-0.39, 0.29) is 65.8 Å². The van der Waals surface area contributed by atoms with Crippen LogP contribution in [0.4, 0.5) is 0 Å². The van der Waals surface area contributed by atoms with Crippen molar-refractivity contribution in [1.29, 1.82) is 0 Å². The molecule has 95 heavy (non-hydrogen) atoms. The van der Waals surface area contributed by atoms with Crippen LogP contribution in [0.2, 0.25) is 0 Å². The number of ether oxygens (including phenoxy) is 13. The Kier molecular flexibility index (Phi) is 32.9. The fourth-order valence-electron chi connectivity index (χ4n) is 10.9. The van der Waals surface area contributed by atoms with E-state index in [1.165, 1.54) is 0 Å². The number of imide groups is 1. The van der Waals surface area contributed by atoms with Crippen LogP contribution in [0, 0.1) is 5.92 Å². The maximum atomic E-state index is 12.5. The van der Waals surface area contributed by atoms with Gasteiger partial charge in [0.25, 0.3) is 11.8 Å². The second-order valence-corrected chi connectivity index (χ2v) is 23.0. The highest BCUT2D eigenvalue weighted by molar-refractivity contribution is 6.13. The van der Waals surface area contributed by atoms with Crippen LogP contribution in [0.5, 0.6) is 0 Å². The first-order chi connectivity index (χ1) is 45.3. The molecule has 5 fully saturated rings. The van der Waals surface area contributed by atoms with Crippen molar-refractivity contribution in [1.82, 2.24) is 15.7 Å². The zero-order valence-corrected chi connectivity index (χ0v) is 52.1. The standard InChI is InChI=1S/C54H95N9O32/c1-22-26(17-65)86-50(34(56)39(22)75)94-49-30(21-69)90-54(38(44(49)80)61-23(2)70)95-48-29(20-68)89-53(37(59)43(48)79)93-47-28(19-67)88-52(36(58)42(47)78)92-46-27(18-66)87-51(35(57)41(46)77)91-45(25(71)16-64)40(76)24(55)15-60-84-13-11-82-9-7-81-8-10-83-12-14-85-62-31(72)5-6-63-32(73)3-4-33(63)74/h3-4,15,22,24-30,34-54,64-69,71,75-80H,5-14,16-21,55-59H2,1-2H3,(H,61,70)(H,62,72)/b60-15+. The van der Waals surface area contributed by atoms with Gasteiger partial charge in [-0.2, -0.15) is 0 Å². The second-order valence-electron chi connectivity index (χ2n) is 23.0. The van der Waals surface area contributed by atoms with Crippen LogP contribution >= 0.6 is 0 Å². The van der Waals surface area contributed by atoms with Gasteiger partial charge in [0.2, 0.25) is 11.8 Å². The minimum Gasteiger partial charge on any atom is -0.394 e. The third-order valence-corrected chi connectivity index (χ3v) is 16.3. The molecule has 6 aliphatic rings. The zero-order chi connectivity index (χ0) is 69.8. The number of hydrogen-bond donors (Lipinski definition) is 20. The third kappa shape index (κ3) is 21.3. The molecular weight excluding hydrogens is 1290 g/mol. The van der Waals surface area contributed by atoms with Gasteiger partial charge in [-0.05, 0) is 0 Å². The largest absolute Gasteiger partial charge is 0.394 e. The molecule has 6 aliphatic heterocycles. The van der Waals surface area contributed by atoms with Gasteiger partial charge in [0.05, 0.1) is 135 Å². The third-order valence-electron chi connectivity index (χ3n) is 16.3. The van der Waals surface area contributed by atoms with Gasteiger partial charge in [0, 0.05) is 38.0 Å². The van der Waals surface area contributed by atoms with Gasteiger partial charge >= 0.3 is 0 Å². The number of aliphatic hydroxyl groups excluding tert-OH is 13. The quantitative estimate of drug-likeness (QED) is 0.0118. The van der Waals surface area contributed by atoms with E-state index >= 15 is 0 Å². The summed E-state index contributed by atoms with van der Waals surface area (Å²) in [5.41, 5.74) is 33.7. The SMILES string of the molecule is CC(=O)NC1C(OC2C(CO)OC(OC3C(CO)OC(OC4C(CO)OC(OC(C(O)CO)C(O)C(N)/C=N/OCCOCCOCCOCCONC(=O)CCN5C(=O)C=CC5=O)C(N)C4O)C(N)C3O)C(N)C2O)OC(CO)C(OC2OC(CO)C(C)C(O)C2N)C1O. The average molecular weight is 1380 g/mol. The normalized spacial score (nSPS) is 38.3. The molecule has 0 aromatic heterocycles. The second kappa shape index (κ2) is 39.1. The van der Waals surface area contributed by atoms with Gasteiger partial charge in [-0.25, -0.2) is 5.48 Å². The van der Waals surface area contributed by atoms with Gasteiger partial charge in [-0.1, -0.05) is 12.1 Å². The lowest BCUT2D eigenvalue weighted by Crippen LogP contribution is -2.71. The number of aliphatic hydroxyl groups is 13. The van der Waals surface area contributed by atoms with Gasteiger partial charge < -0.3 is 167 Å². The van der Waals surface area contributed by atoms with E-state index in [0.29, 0.717) is 0 Å². The highest BCUT2D eigenvalue weighted by Gasteiger charge is 2.56. The van der Waals surface area contributed by atoms with Crippen molar-refractivity contribution < 1.29 is 157 Å². The number of oxime groups is 1. The molecule has 41 nitrogen and oxygen atoms in total. The van der Waals surface area contributed by atoms with Crippen LogP contribution in [0.15, 0.2) is 17.3 Å². The molecule has 6 heterocycles. The highest BCUT2D eigenvalue weighted by Crippen LogP contribution is 2.36. The van der Waals surface area contributed by atoms with E-state index in [1.54, 1.807) is 6.92 Å². The maximum absolute atomic E-state index is 12.5. The summed E-state index contributed by atoms with van der Waals surface area (Å²) >= 11 is 0. The summed E-state index contributed by atoms with van der Waals surface area (Å²) in [7, 11) is 0. The molecule has 0 saturated carbocycles. The molecule has 0 aromatic rings. The molecule has 25 N–H and O–H groups in total. The molecule has 29 atom stereocenters. The van der Waals surface area contributed by atoms with Crippen LogP contribution in [0.3, 0.4) is 0 Å². The van der Waals surface area contributed by atoms with Crippen LogP contribution in [0.1, 0.15) is 20.3 Å². The molecule has 0 bridgehead atoms.